The number of aliphatic hydroxyl groups is 2. The van der Waals surface area contributed by atoms with Crippen LogP contribution >= 0.6 is 0 Å². The van der Waals surface area contributed by atoms with Crippen LogP contribution in [0.5, 0.6) is 0 Å². The van der Waals surface area contributed by atoms with Crippen LogP contribution in [0, 0.1) is 19.3 Å². The number of halogens is 3. The molecular weight excluding hydrogens is 511 g/mol. The number of carbonyl (C=O) groups is 2. The monoisotopic (exact) mass is 547 g/mol. The van der Waals surface area contributed by atoms with Gasteiger partial charge < -0.3 is 24.9 Å². The molecule has 212 valence electrons. The highest BCUT2D eigenvalue weighted by atomic mass is 19.4. The average Bonchev–Trinajstić information content (AvgIpc) is 3.14. The number of fused-ring (bicyclic) bond motifs is 1. The number of carbonyl (C=O) groups excluding carboxylic acids is 2. The Kier molecular flexibility index (Phi) is 8.28. The topological polar surface area (TPSA) is 84.3 Å². The summed E-state index contributed by atoms with van der Waals surface area (Å²) in [5.74, 6) is -0.117. The van der Waals surface area contributed by atoms with Crippen LogP contribution in [0.3, 0.4) is 0 Å². The van der Waals surface area contributed by atoms with Crippen molar-refractivity contribution >= 4 is 11.9 Å². The summed E-state index contributed by atoms with van der Waals surface area (Å²) < 4.78 is 40.2. The van der Waals surface area contributed by atoms with Gasteiger partial charge in [0.2, 0.25) is 5.91 Å². The molecular formula is C29H36F3N3O4. The molecule has 39 heavy (non-hydrogen) atoms. The first kappa shape index (κ1) is 28.9. The Morgan fingerprint density at radius 3 is 2.36 bits per heavy atom. The van der Waals surface area contributed by atoms with Crippen LogP contribution in [-0.4, -0.2) is 76.2 Å². The molecule has 2 atom stereocenters. The van der Waals surface area contributed by atoms with Gasteiger partial charge in [0.25, 0.3) is 0 Å². The molecule has 2 aromatic rings. The van der Waals surface area contributed by atoms with Crippen molar-refractivity contribution in [3.8, 4) is 0 Å². The van der Waals surface area contributed by atoms with Crippen LogP contribution in [0.4, 0.5) is 18.0 Å². The predicted molar refractivity (Wildman–Crippen MR) is 140 cm³/mol. The molecule has 2 aromatic carbocycles. The summed E-state index contributed by atoms with van der Waals surface area (Å²) in [6, 6.07) is 10.3. The van der Waals surface area contributed by atoms with E-state index in [0.29, 0.717) is 24.1 Å². The number of urea groups is 1. The highest BCUT2D eigenvalue weighted by Gasteiger charge is 2.56. The molecule has 0 bridgehead atoms. The van der Waals surface area contributed by atoms with Gasteiger partial charge in [0, 0.05) is 39.9 Å². The summed E-state index contributed by atoms with van der Waals surface area (Å²) in [5, 5.41) is 19.5. The van der Waals surface area contributed by atoms with E-state index in [1.807, 2.05) is 31.2 Å². The highest BCUT2D eigenvalue weighted by Crippen LogP contribution is 2.49. The van der Waals surface area contributed by atoms with Gasteiger partial charge in [-0.1, -0.05) is 35.9 Å². The number of benzene rings is 2. The second-order valence-electron chi connectivity index (χ2n) is 10.8. The van der Waals surface area contributed by atoms with E-state index in [0.717, 1.165) is 23.3 Å². The Morgan fingerprint density at radius 1 is 1.08 bits per heavy atom. The quantitative estimate of drug-likeness (QED) is 0.542. The predicted octanol–water partition coefficient (Wildman–Crippen LogP) is 4.28. The SMILES string of the molecule is Cc1cc(CN(C)C(=O)N2CCN3C(=O)C(CCO)(CCO)CC3C2c2ccccc2C)cc(C(F)(F)F)c1. The van der Waals surface area contributed by atoms with Gasteiger partial charge in [0.1, 0.15) is 0 Å². The fourth-order valence-corrected chi connectivity index (χ4v) is 6.32. The molecule has 0 saturated carbocycles. The largest absolute Gasteiger partial charge is 0.416 e. The van der Waals surface area contributed by atoms with Gasteiger partial charge in [-0.05, 0) is 61.9 Å². The Balaban J connectivity index is 1.67. The molecule has 2 aliphatic rings. The molecule has 2 heterocycles. The molecule has 7 nitrogen and oxygen atoms in total. The van der Waals surface area contributed by atoms with Crippen molar-refractivity contribution in [3.63, 3.8) is 0 Å². The van der Waals surface area contributed by atoms with E-state index >= 15 is 0 Å². The number of piperazine rings is 1. The molecule has 2 N–H and O–H groups in total. The molecule has 0 spiro atoms. The number of hydrogen-bond acceptors (Lipinski definition) is 4. The Bertz CT molecular complexity index is 1210. The minimum absolute atomic E-state index is 0.00708. The number of aliphatic hydroxyl groups excluding tert-OH is 2. The highest BCUT2D eigenvalue weighted by molar-refractivity contribution is 5.86. The lowest BCUT2D eigenvalue weighted by atomic mass is 9.77. The molecule has 2 fully saturated rings. The fourth-order valence-electron chi connectivity index (χ4n) is 6.32. The van der Waals surface area contributed by atoms with Crippen molar-refractivity contribution in [1.29, 1.82) is 0 Å². The summed E-state index contributed by atoms with van der Waals surface area (Å²) in [4.78, 5) is 32.4. The summed E-state index contributed by atoms with van der Waals surface area (Å²) in [6.07, 6.45) is -3.65. The zero-order valence-electron chi connectivity index (χ0n) is 22.5. The average molecular weight is 548 g/mol. The minimum atomic E-state index is -4.49. The fraction of sp³-hybridized carbons (Fsp3) is 0.517. The van der Waals surface area contributed by atoms with Crippen molar-refractivity contribution in [2.24, 2.45) is 5.41 Å². The smallest absolute Gasteiger partial charge is 0.396 e. The zero-order chi connectivity index (χ0) is 28.5. The first-order valence-corrected chi connectivity index (χ1v) is 13.2. The molecule has 2 saturated heterocycles. The van der Waals surface area contributed by atoms with Crippen molar-refractivity contribution < 1.29 is 33.0 Å². The Morgan fingerprint density at radius 2 is 1.74 bits per heavy atom. The van der Waals surface area contributed by atoms with Crippen molar-refractivity contribution in [1.82, 2.24) is 14.7 Å². The first-order chi connectivity index (χ1) is 18.4. The van der Waals surface area contributed by atoms with Crippen molar-refractivity contribution in [2.45, 2.75) is 57.9 Å². The van der Waals surface area contributed by atoms with Crippen LogP contribution in [0.1, 0.15) is 53.1 Å². The Hall–Kier alpha value is -3.11. The van der Waals surface area contributed by atoms with E-state index in [-0.39, 0.29) is 57.1 Å². The van der Waals surface area contributed by atoms with Gasteiger partial charge in [0.05, 0.1) is 23.1 Å². The van der Waals surface area contributed by atoms with Crippen LogP contribution in [0.15, 0.2) is 42.5 Å². The zero-order valence-corrected chi connectivity index (χ0v) is 22.5. The molecule has 3 amide bonds. The maximum atomic E-state index is 13.9. The first-order valence-electron chi connectivity index (χ1n) is 13.2. The lowest BCUT2D eigenvalue weighted by molar-refractivity contribution is -0.140. The van der Waals surface area contributed by atoms with Gasteiger partial charge in [-0.25, -0.2) is 4.79 Å². The van der Waals surface area contributed by atoms with E-state index in [4.69, 9.17) is 0 Å². The van der Waals surface area contributed by atoms with Gasteiger partial charge in [-0.15, -0.1) is 0 Å². The normalized spacial score (nSPS) is 20.8. The number of aryl methyl sites for hydroxylation is 2. The maximum Gasteiger partial charge on any atom is 0.416 e. The van der Waals surface area contributed by atoms with Crippen LogP contribution in [0.2, 0.25) is 0 Å². The number of rotatable bonds is 7. The van der Waals surface area contributed by atoms with E-state index in [2.05, 4.69) is 0 Å². The number of nitrogens with zero attached hydrogens (tertiary/aromatic N) is 3. The third-order valence-corrected chi connectivity index (χ3v) is 8.14. The minimum Gasteiger partial charge on any atom is -0.396 e. The third kappa shape index (κ3) is 5.63. The van der Waals surface area contributed by atoms with Gasteiger partial charge in [-0.2, -0.15) is 13.2 Å². The van der Waals surface area contributed by atoms with Gasteiger partial charge in [-0.3, -0.25) is 4.79 Å². The molecule has 0 aromatic heterocycles. The summed E-state index contributed by atoms with van der Waals surface area (Å²) in [5.41, 5.74) is 1.02. The molecule has 4 rings (SSSR count). The molecule has 2 aliphatic heterocycles. The summed E-state index contributed by atoms with van der Waals surface area (Å²) in [6.45, 7) is 3.69. The number of alkyl halides is 3. The molecule has 10 heteroatoms. The third-order valence-electron chi connectivity index (χ3n) is 8.14. The molecule has 0 radical (unpaired) electrons. The number of hydrogen-bond donors (Lipinski definition) is 2. The van der Waals surface area contributed by atoms with E-state index in [1.54, 1.807) is 29.8 Å². The standard InChI is InChI=1S/C29H36F3N3O4/c1-19-14-21(16-22(15-19)29(30,31)32)18-33(3)27(39)35-11-10-34-24(25(35)23-7-5-4-6-20(23)2)17-28(8-12-36,9-13-37)26(34)38/h4-7,14-16,24-25,36-37H,8-13,17-18H2,1-3H3. The van der Waals surface area contributed by atoms with Crippen LogP contribution in [0.25, 0.3) is 0 Å². The van der Waals surface area contributed by atoms with Gasteiger partial charge in [0.15, 0.2) is 0 Å². The van der Waals surface area contributed by atoms with E-state index < -0.39 is 23.2 Å². The summed E-state index contributed by atoms with van der Waals surface area (Å²) in [7, 11) is 1.57. The van der Waals surface area contributed by atoms with E-state index in [9.17, 15) is 33.0 Å². The Labute approximate surface area is 226 Å². The summed E-state index contributed by atoms with van der Waals surface area (Å²) >= 11 is 0. The second-order valence-corrected chi connectivity index (χ2v) is 10.8. The van der Waals surface area contributed by atoms with Crippen molar-refractivity contribution in [2.75, 3.05) is 33.4 Å². The molecule has 2 unspecified atom stereocenters. The maximum absolute atomic E-state index is 13.9. The van der Waals surface area contributed by atoms with Crippen LogP contribution in [-0.2, 0) is 17.5 Å². The van der Waals surface area contributed by atoms with Gasteiger partial charge >= 0.3 is 12.2 Å². The number of amides is 3. The van der Waals surface area contributed by atoms with Crippen molar-refractivity contribution in [3.05, 3.63) is 70.3 Å². The lowest BCUT2D eigenvalue weighted by Crippen LogP contribution is -2.57. The second kappa shape index (κ2) is 11.2. The van der Waals surface area contributed by atoms with E-state index in [1.165, 1.54) is 4.90 Å². The van der Waals surface area contributed by atoms with Crippen LogP contribution < -0.4 is 0 Å². The molecule has 0 aliphatic carbocycles. The lowest BCUT2D eigenvalue weighted by Gasteiger charge is -2.46.